The normalized spacial score (nSPS) is 21.6. The van der Waals surface area contributed by atoms with Crippen LogP contribution in [0.2, 0.25) is 0 Å². The zero-order valence-electron chi connectivity index (χ0n) is 8.49. The first-order chi connectivity index (χ1) is 6.86. The van der Waals surface area contributed by atoms with Gasteiger partial charge in [0.05, 0.1) is 18.9 Å². The second-order valence-corrected chi connectivity index (χ2v) is 3.54. The summed E-state index contributed by atoms with van der Waals surface area (Å²) >= 11 is 0. The van der Waals surface area contributed by atoms with Crippen molar-refractivity contribution in [1.82, 2.24) is 4.90 Å². The number of hydrogen-bond donors (Lipinski definition) is 0. The molecule has 0 N–H and O–H groups in total. The van der Waals surface area contributed by atoms with E-state index in [1.165, 1.54) is 11.3 Å². The molecule has 2 heteroatoms. The summed E-state index contributed by atoms with van der Waals surface area (Å²) in [6, 6.07) is 0. The summed E-state index contributed by atoms with van der Waals surface area (Å²) < 4.78 is 5.31. The van der Waals surface area contributed by atoms with E-state index < -0.39 is 0 Å². The fourth-order valence-corrected chi connectivity index (χ4v) is 1.57. The van der Waals surface area contributed by atoms with Crippen LogP contribution in [0, 0.1) is 0 Å². The minimum absolute atomic E-state index is 0.825. The lowest BCUT2D eigenvalue weighted by molar-refractivity contribution is 0.0555. The summed E-state index contributed by atoms with van der Waals surface area (Å²) in [6.45, 7) is 5.69. The largest absolute Gasteiger partial charge is 0.378 e. The summed E-state index contributed by atoms with van der Waals surface area (Å²) in [7, 11) is 0. The number of allylic oxidation sites excluding steroid dienone is 4. The maximum atomic E-state index is 5.31. The molecule has 0 aromatic rings. The Balaban J connectivity index is 2.11. The molecule has 0 amide bonds. The van der Waals surface area contributed by atoms with Crippen molar-refractivity contribution in [3.05, 3.63) is 41.3 Å². The van der Waals surface area contributed by atoms with Crippen LogP contribution < -0.4 is 0 Å². The van der Waals surface area contributed by atoms with E-state index in [-0.39, 0.29) is 0 Å². The van der Waals surface area contributed by atoms with E-state index in [1.807, 2.05) is 6.08 Å². The lowest BCUT2D eigenvalue weighted by atomic mass is 10.2. The van der Waals surface area contributed by atoms with Gasteiger partial charge >= 0.3 is 0 Å². The van der Waals surface area contributed by atoms with Crippen LogP contribution in [0.1, 0.15) is 6.92 Å². The molecule has 0 unspecified atom stereocenters. The van der Waals surface area contributed by atoms with E-state index in [2.05, 4.69) is 35.8 Å². The van der Waals surface area contributed by atoms with Crippen molar-refractivity contribution < 1.29 is 4.74 Å². The van der Waals surface area contributed by atoms with Gasteiger partial charge in [-0.15, -0.1) is 0 Å². The van der Waals surface area contributed by atoms with Crippen LogP contribution in [-0.2, 0) is 4.74 Å². The predicted molar refractivity (Wildman–Crippen MR) is 56.9 cm³/mol. The topological polar surface area (TPSA) is 12.5 Å². The predicted octanol–water partition coefficient (Wildman–Crippen LogP) is 1.87. The van der Waals surface area contributed by atoms with E-state index in [0.29, 0.717) is 0 Å². The molecule has 1 aliphatic heterocycles. The zero-order valence-corrected chi connectivity index (χ0v) is 8.49. The molecule has 0 aromatic heterocycles. The van der Waals surface area contributed by atoms with Gasteiger partial charge in [-0.25, -0.2) is 0 Å². The number of nitrogens with zero attached hydrogens (tertiary/aromatic N) is 1. The molecule has 0 bridgehead atoms. The molecule has 1 aliphatic carbocycles. The average molecular weight is 189 g/mol. The van der Waals surface area contributed by atoms with Gasteiger partial charge in [0.2, 0.25) is 0 Å². The Bertz CT molecular complexity index is 326. The summed E-state index contributed by atoms with van der Waals surface area (Å²) in [5, 5.41) is 0. The van der Waals surface area contributed by atoms with Gasteiger partial charge in [0, 0.05) is 13.1 Å². The van der Waals surface area contributed by atoms with Crippen molar-refractivity contribution in [2.45, 2.75) is 6.92 Å². The van der Waals surface area contributed by atoms with Crippen molar-refractivity contribution in [3.8, 4) is 0 Å². The molecule has 0 aromatic carbocycles. The highest BCUT2D eigenvalue weighted by Crippen LogP contribution is 2.11. The zero-order chi connectivity index (χ0) is 9.80. The van der Waals surface area contributed by atoms with Crippen LogP contribution in [-0.4, -0.2) is 31.2 Å². The third kappa shape index (κ3) is 2.16. The lowest BCUT2D eigenvalue weighted by Crippen LogP contribution is -2.34. The molecule has 2 rings (SSSR count). The molecule has 1 heterocycles. The first kappa shape index (κ1) is 9.32. The third-order valence-electron chi connectivity index (χ3n) is 2.43. The highest BCUT2D eigenvalue weighted by Gasteiger charge is 2.11. The second-order valence-electron chi connectivity index (χ2n) is 3.54. The Kier molecular flexibility index (Phi) is 2.87. The molecule has 2 nitrogen and oxygen atoms in total. The Morgan fingerprint density at radius 3 is 2.86 bits per heavy atom. The summed E-state index contributed by atoms with van der Waals surface area (Å²) in [4.78, 5) is 2.31. The average Bonchev–Trinajstić information content (AvgIpc) is 2.44. The Labute approximate surface area is 84.9 Å². The maximum Gasteiger partial charge on any atom is 0.0801 e. The van der Waals surface area contributed by atoms with E-state index in [1.54, 1.807) is 0 Å². The van der Waals surface area contributed by atoms with Gasteiger partial charge in [0.15, 0.2) is 0 Å². The van der Waals surface area contributed by atoms with Crippen molar-refractivity contribution >= 4 is 0 Å². The van der Waals surface area contributed by atoms with Gasteiger partial charge in [-0.3, -0.25) is 0 Å². The van der Waals surface area contributed by atoms with Gasteiger partial charge in [-0.2, -0.15) is 0 Å². The first-order valence-electron chi connectivity index (χ1n) is 5.00. The number of ether oxygens (including phenoxy) is 1. The van der Waals surface area contributed by atoms with Crippen LogP contribution >= 0.6 is 0 Å². The van der Waals surface area contributed by atoms with E-state index in [0.717, 1.165) is 26.3 Å². The highest BCUT2D eigenvalue weighted by atomic mass is 16.5. The number of rotatable bonds is 1. The van der Waals surface area contributed by atoms with Gasteiger partial charge < -0.3 is 9.64 Å². The minimum atomic E-state index is 0.825. The highest BCUT2D eigenvalue weighted by molar-refractivity contribution is 5.32. The first-order valence-corrected chi connectivity index (χ1v) is 5.00. The van der Waals surface area contributed by atoms with Crippen molar-refractivity contribution in [2.24, 2.45) is 0 Å². The summed E-state index contributed by atoms with van der Waals surface area (Å²) in [5.74, 6) is 0. The van der Waals surface area contributed by atoms with E-state index in [9.17, 15) is 0 Å². The quantitative estimate of drug-likeness (QED) is 0.584. The molecule has 0 radical (unpaired) electrons. The third-order valence-corrected chi connectivity index (χ3v) is 2.43. The summed E-state index contributed by atoms with van der Waals surface area (Å²) in [5.41, 5.74) is 5.71. The number of morpholine rings is 1. The Morgan fingerprint density at radius 1 is 1.29 bits per heavy atom. The SMILES string of the molecule is CC1=CC=C=C(N2CCOCC2)C=C1. The second kappa shape index (κ2) is 4.32. The fraction of sp³-hybridized carbons (Fsp3) is 0.417. The molecule has 2 aliphatic rings. The van der Waals surface area contributed by atoms with E-state index >= 15 is 0 Å². The Hall–Kier alpha value is -1.24. The smallest absolute Gasteiger partial charge is 0.0801 e. The van der Waals surface area contributed by atoms with Crippen LogP contribution in [0.4, 0.5) is 0 Å². The van der Waals surface area contributed by atoms with Crippen LogP contribution in [0.15, 0.2) is 41.3 Å². The van der Waals surface area contributed by atoms with Gasteiger partial charge in [-0.05, 0) is 19.1 Å². The van der Waals surface area contributed by atoms with Gasteiger partial charge in [-0.1, -0.05) is 23.5 Å². The Morgan fingerprint density at radius 2 is 2.07 bits per heavy atom. The minimum Gasteiger partial charge on any atom is -0.378 e. The maximum absolute atomic E-state index is 5.31. The standard InChI is InChI=1S/C12H15NO/c1-11-3-2-4-12(6-5-11)13-7-9-14-10-8-13/h2-3,5-6H,7-10H2,1H3. The van der Waals surface area contributed by atoms with Gasteiger partial charge in [0.25, 0.3) is 0 Å². The molecule has 74 valence electrons. The monoisotopic (exact) mass is 189 g/mol. The molecule has 0 spiro atoms. The molecular formula is C12H15NO. The van der Waals surface area contributed by atoms with Gasteiger partial charge in [0.1, 0.15) is 0 Å². The van der Waals surface area contributed by atoms with Crippen molar-refractivity contribution in [2.75, 3.05) is 26.3 Å². The van der Waals surface area contributed by atoms with E-state index in [4.69, 9.17) is 4.74 Å². The van der Waals surface area contributed by atoms with Crippen LogP contribution in [0.25, 0.3) is 0 Å². The molecular weight excluding hydrogens is 174 g/mol. The molecule has 1 saturated heterocycles. The van der Waals surface area contributed by atoms with Crippen LogP contribution in [0.5, 0.6) is 0 Å². The van der Waals surface area contributed by atoms with Crippen molar-refractivity contribution in [1.29, 1.82) is 0 Å². The molecule has 0 saturated carbocycles. The van der Waals surface area contributed by atoms with Crippen LogP contribution in [0.3, 0.4) is 0 Å². The fourth-order valence-electron chi connectivity index (χ4n) is 1.57. The molecule has 0 atom stereocenters. The lowest BCUT2D eigenvalue weighted by Gasteiger charge is -2.28. The number of hydrogen-bond acceptors (Lipinski definition) is 2. The molecule has 1 fully saturated rings. The summed E-state index contributed by atoms with van der Waals surface area (Å²) in [6.07, 6.45) is 8.31. The molecule has 14 heavy (non-hydrogen) atoms. The van der Waals surface area contributed by atoms with Crippen molar-refractivity contribution in [3.63, 3.8) is 0 Å².